The van der Waals surface area contributed by atoms with Crippen LogP contribution in [0.4, 0.5) is 23.0 Å². The molecule has 0 radical (unpaired) electrons. The molecule has 82 valence electrons. The summed E-state index contributed by atoms with van der Waals surface area (Å²) in [6.07, 6.45) is 0. The smallest absolute Gasteiger partial charge is 0.445 e. The number of hydrogen-bond acceptors (Lipinski definition) is 2. The molecule has 9 heteroatoms. The van der Waals surface area contributed by atoms with Gasteiger partial charge in [-0.25, -0.2) is 4.39 Å². The first kappa shape index (κ1) is 11.8. The fraction of sp³-hybridized carbons (Fsp3) is 0. The Balaban J connectivity index is 3.43. The van der Waals surface area contributed by atoms with Gasteiger partial charge in [0.2, 0.25) is 0 Å². The number of nitro groups is 1. The van der Waals surface area contributed by atoms with Gasteiger partial charge in [-0.1, -0.05) is 17.1 Å². The van der Waals surface area contributed by atoms with E-state index in [-0.39, 0.29) is 12.1 Å². The second kappa shape index (κ2) is 3.69. The maximum absolute atomic E-state index is 12.8. The largest absolute Gasteiger partial charge is 0.512 e. The van der Waals surface area contributed by atoms with E-state index in [4.69, 9.17) is 11.6 Å². The van der Waals surface area contributed by atoms with Crippen molar-refractivity contribution < 1.29 is 22.3 Å². The van der Waals surface area contributed by atoms with Gasteiger partial charge in [0.25, 0.3) is 5.69 Å². The third-order valence-corrected chi connectivity index (χ3v) is 1.92. The molecule has 0 aliphatic carbocycles. The van der Waals surface area contributed by atoms with Crippen LogP contribution in [0.5, 0.6) is 0 Å². The van der Waals surface area contributed by atoms with Crippen molar-refractivity contribution in [3.63, 3.8) is 0 Å². The first-order valence-corrected chi connectivity index (χ1v) is 3.94. The van der Waals surface area contributed by atoms with Crippen LogP contribution in [0, 0.1) is 15.9 Å². The van der Waals surface area contributed by atoms with Crippen molar-refractivity contribution in [3.8, 4) is 0 Å². The van der Waals surface area contributed by atoms with Crippen molar-refractivity contribution in [2.24, 2.45) is 0 Å². The number of benzene rings is 1. The third kappa shape index (κ3) is 2.38. The van der Waals surface area contributed by atoms with Gasteiger partial charge in [0, 0.05) is 0 Å². The lowest BCUT2D eigenvalue weighted by atomic mass is 9.79. The molecule has 0 aromatic heterocycles. The molecule has 3 nitrogen and oxygen atoms in total. The van der Waals surface area contributed by atoms with Crippen LogP contribution < -0.4 is 5.46 Å². The minimum Gasteiger partial charge on any atom is -0.445 e. The van der Waals surface area contributed by atoms with Crippen molar-refractivity contribution >= 4 is 29.7 Å². The van der Waals surface area contributed by atoms with E-state index in [0.717, 1.165) is 0 Å². The van der Waals surface area contributed by atoms with Crippen molar-refractivity contribution in [2.45, 2.75) is 0 Å². The predicted octanol–water partition coefficient (Wildman–Crippen LogP) is 2.44. The summed E-state index contributed by atoms with van der Waals surface area (Å²) in [6, 6.07) is 0.377. The third-order valence-electron chi connectivity index (χ3n) is 1.62. The predicted molar refractivity (Wildman–Crippen MR) is 46.8 cm³/mol. The highest BCUT2D eigenvalue weighted by atomic mass is 35.5. The summed E-state index contributed by atoms with van der Waals surface area (Å²) < 4.78 is 49.3. The summed E-state index contributed by atoms with van der Waals surface area (Å²) in [5.74, 6) is -1.61. The molecule has 0 heterocycles. The fourth-order valence-electron chi connectivity index (χ4n) is 0.944. The van der Waals surface area contributed by atoms with E-state index in [2.05, 4.69) is 0 Å². The van der Waals surface area contributed by atoms with Gasteiger partial charge in [-0.2, -0.15) is 0 Å². The van der Waals surface area contributed by atoms with Crippen LogP contribution in [0.15, 0.2) is 12.1 Å². The Morgan fingerprint density at radius 3 is 2.27 bits per heavy atom. The maximum Gasteiger partial charge on any atom is 0.512 e. The van der Waals surface area contributed by atoms with Gasteiger partial charge in [0.1, 0.15) is 5.02 Å². The zero-order valence-electron chi connectivity index (χ0n) is 6.89. The van der Waals surface area contributed by atoms with E-state index >= 15 is 0 Å². The van der Waals surface area contributed by atoms with Crippen molar-refractivity contribution in [3.05, 3.63) is 33.1 Å². The lowest BCUT2D eigenvalue weighted by molar-refractivity contribution is -0.384. The van der Waals surface area contributed by atoms with E-state index in [9.17, 15) is 27.5 Å². The summed E-state index contributed by atoms with van der Waals surface area (Å²) in [7, 11) is 0. The lowest BCUT2D eigenvalue weighted by Gasteiger charge is -2.15. The Hall–Kier alpha value is -1.31. The molecule has 0 saturated heterocycles. The zero-order chi connectivity index (χ0) is 11.8. The standard InChI is InChI=1S/C6H2BClF4NO2/c8-4-2-5(9)3(7(10,11)12)1-6(4)13(14)15/h1-2H/q-1. The van der Waals surface area contributed by atoms with Crippen LogP contribution in [0.2, 0.25) is 5.02 Å². The number of nitro benzene ring substituents is 1. The van der Waals surface area contributed by atoms with E-state index in [1.807, 2.05) is 0 Å². The van der Waals surface area contributed by atoms with Crippen molar-refractivity contribution in [1.29, 1.82) is 0 Å². The van der Waals surface area contributed by atoms with Crippen LogP contribution in [0.1, 0.15) is 0 Å². The Morgan fingerprint density at radius 1 is 1.33 bits per heavy atom. The van der Waals surface area contributed by atoms with Crippen molar-refractivity contribution in [1.82, 2.24) is 0 Å². The molecule has 15 heavy (non-hydrogen) atoms. The molecule has 0 N–H and O–H groups in total. The molecule has 1 rings (SSSR count). The van der Waals surface area contributed by atoms with Gasteiger partial charge < -0.3 is 12.9 Å². The average molecular weight is 242 g/mol. The SMILES string of the molecule is O=[N+]([O-])c1cc([B-](F)(F)F)c(F)cc1Cl. The van der Waals surface area contributed by atoms with Gasteiger partial charge in [0.15, 0.2) is 0 Å². The number of nitrogens with zero attached hydrogens (tertiary/aromatic N) is 1. The van der Waals surface area contributed by atoms with Gasteiger partial charge >= 0.3 is 6.98 Å². The monoisotopic (exact) mass is 242 g/mol. The highest BCUT2D eigenvalue weighted by Crippen LogP contribution is 2.25. The zero-order valence-corrected chi connectivity index (χ0v) is 7.64. The molecule has 1 aromatic rings. The number of halogens is 5. The molecule has 0 saturated carbocycles. The maximum atomic E-state index is 12.8. The van der Waals surface area contributed by atoms with E-state index in [1.54, 1.807) is 0 Å². The van der Waals surface area contributed by atoms with Gasteiger partial charge in [-0.3, -0.25) is 10.1 Å². The molecule has 0 bridgehead atoms. The fourth-order valence-corrected chi connectivity index (χ4v) is 1.16. The van der Waals surface area contributed by atoms with Crippen LogP contribution >= 0.6 is 11.6 Å². The van der Waals surface area contributed by atoms with E-state index < -0.39 is 33.9 Å². The highest BCUT2D eigenvalue weighted by molar-refractivity contribution is 6.73. The quantitative estimate of drug-likeness (QED) is 0.346. The van der Waals surface area contributed by atoms with E-state index in [1.165, 1.54) is 0 Å². The van der Waals surface area contributed by atoms with Crippen LogP contribution in [0.3, 0.4) is 0 Å². The summed E-state index contributed by atoms with van der Waals surface area (Å²) in [5.41, 5.74) is -2.61. The molecule has 1 aromatic carbocycles. The molecule has 0 aliphatic heterocycles. The van der Waals surface area contributed by atoms with Crippen LogP contribution in [-0.2, 0) is 0 Å². The lowest BCUT2D eigenvalue weighted by Crippen LogP contribution is -2.36. The normalized spacial score (nSPS) is 11.5. The minimum absolute atomic E-state index is 0.0949. The van der Waals surface area contributed by atoms with Crippen LogP contribution in [-0.4, -0.2) is 11.9 Å². The van der Waals surface area contributed by atoms with Gasteiger partial charge in [-0.05, 0) is 12.1 Å². The number of hydrogen-bond donors (Lipinski definition) is 0. The molecular weight excluding hydrogens is 240 g/mol. The molecule has 0 amide bonds. The average Bonchev–Trinajstić information content (AvgIpc) is 2.00. The second-order valence-corrected chi connectivity index (χ2v) is 3.06. The van der Waals surface area contributed by atoms with Crippen molar-refractivity contribution in [2.75, 3.05) is 0 Å². The molecular formula is C6H2BClF4NO2-. The summed E-state index contributed by atoms with van der Waals surface area (Å²) in [4.78, 5) is 9.15. The van der Waals surface area contributed by atoms with E-state index in [0.29, 0.717) is 0 Å². The molecule has 0 spiro atoms. The van der Waals surface area contributed by atoms with Crippen LogP contribution in [0.25, 0.3) is 0 Å². The first-order valence-electron chi connectivity index (χ1n) is 3.56. The van der Waals surface area contributed by atoms with Gasteiger partial charge in [-0.15, -0.1) is 0 Å². The second-order valence-electron chi connectivity index (χ2n) is 2.66. The Labute approximate surface area is 85.9 Å². The Bertz CT molecular complexity index is 422. The van der Waals surface area contributed by atoms with Gasteiger partial charge in [0.05, 0.1) is 10.7 Å². The highest BCUT2D eigenvalue weighted by Gasteiger charge is 2.31. The summed E-state index contributed by atoms with van der Waals surface area (Å²) >= 11 is 5.20. The Morgan fingerprint density at radius 2 is 1.87 bits per heavy atom. The first-order chi connectivity index (χ1) is 6.73. The molecule has 0 fully saturated rings. The molecule has 0 aliphatic rings. The molecule has 0 atom stereocenters. The minimum atomic E-state index is -5.63. The topological polar surface area (TPSA) is 43.1 Å². The Kier molecular flexibility index (Phi) is 2.89. The summed E-state index contributed by atoms with van der Waals surface area (Å²) in [5, 5.41) is 9.59. The summed E-state index contributed by atoms with van der Waals surface area (Å²) in [6.45, 7) is -5.63. The number of rotatable bonds is 2. The molecule has 0 unspecified atom stereocenters.